The van der Waals surface area contributed by atoms with Crippen LogP contribution in [0.3, 0.4) is 0 Å². The van der Waals surface area contributed by atoms with E-state index in [-0.39, 0.29) is 6.03 Å². The monoisotopic (exact) mass is 403 g/mol. The van der Waals surface area contributed by atoms with Crippen LogP contribution in [0.5, 0.6) is 0 Å². The summed E-state index contributed by atoms with van der Waals surface area (Å²) in [6.07, 6.45) is 2.46. The molecule has 156 valence electrons. The number of aryl methyl sites for hydroxylation is 2. The van der Waals surface area contributed by atoms with Crippen molar-refractivity contribution in [3.8, 4) is 5.69 Å². The van der Waals surface area contributed by atoms with Crippen molar-refractivity contribution >= 4 is 17.4 Å². The number of nitrogens with one attached hydrogen (secondary N) is 1. The standard InChI is InChI=1S/C24H29N5O/c1-18-15-19(2)29(26-18)22-11-8-10-21(16-22)25-24(30)27(3)17-20-9-4-5-12-23(20)28-13-6-7-14-28/h4-5,8-12,15-16H,6-7,13-14,17H2,1-3H3,(H,25,30). The number of carbonyl (C=O) groups is 1. The van der Waals surface area contributed by atoms with Gasteiger partial charge in [0, 0.05) is 43.8 Å². The molecule has 1 N–H and O–H groups in total. The predicted molar refractivity (Wildman–Crippen MR) is 121 cm³/mol. The van der Waals surface area contributed by atoms with Crippen LogP contribution in [-0.2, 0) is 6.54 Å². The zero-order chi connectivity index (χ0) is 21.1. The molecule has 1 aromatic heterocycles. The number of hydrogen-bond donors (Lipinski definition) is 1. The maximum atomic E-state index is 12.8. The van der Waals surface area contributed by atoms with E-state index in [1.165, 1.54) is 24.1 Å². The number of benzene rings is 2. The smallest absolute Gasteiger partial charge is 0.321 e. The van der Waals surface area contributed by atoms with Gasteiger partial charge in [0.2, 0.25) is 0 Å². The van der Waals surface area contributed by atoms with Gasteiger partial charge in [0.25, 0.3) is 0 Å². The SMILES string of the molecule is Cc1cc(C)n(-c2cccc(NC(=O)N(C)Cc3ccccc3N3CCCC3)c2)n1. The minimum Gasteiger partial charge on any atom is -0.371 e. The summed E-state index contributed by atoms with van der Waals surface area (Å²) in [5.74, 6) is 0. The number of urea groups is 1. The van der Waals surface area contributed by atoms with E-state index in [4.69, 9.17) is 0 Å². The predicted octanol–water partition coefficient (Wildman–Crippen LogP) is 4.75. The fourth-order valence-corrected chi connectivity index (χ4v) is 4.06. The lowest BCUT2D eigenvalue weighted by atomic mass is 10.1. The Balaban J connectivity index is 1.46. The van der Waals surface area contributed by atoms with Gasteiger partial charge in [0.15, 0.2) is 0 Å². The third-order valence-corrected chi connectivity index (χ3v) is 5.54. The second-order valence-corrected chi connectivity index (χ2v) is 8.00. The molecule has 3 aromatic rings. The molecule has 0 radical (unpaired) electrons. The molecule has 0 unspecified atom stereocenters. The Hall–Kier alpha value is -3.28. The van der Waals surface area contributed by atoms with Crippen LogP contribution in [0.25, 0.3) is 5.69 Å². The first-order chi connectivity index (χ1) is 14.5. The van der Waals surface area contributed by atoms with Crippen molar-refractivity contribution in [2.45, 2.75) is 33.2 Å². The molecule has 1 saturated heterocycles. The Labute approximate surface area is 178 Å². The summed E-state index contributed by atoms with van der Waals surface area (Å²) in [5, 5.41) is 7.55. The van der Waals surface area contributed by atoms with Crippen molar-refractivity contribution in [1.29, 1.82) is 0 Å². The zero-order valence-electron chi connectivity index (χ0n) is 17.9. The highest BCUT2D eigenvalue weighted by Gasteiger charge is 2.18. The Bertz CT molecular complexity index is 1040. The van der Waals surface area contributed by atoms with Gasteiger partial charge < -0.3 is 15.1 Å². The molecule has 0 aliphatic carbocycles. The Morgan fingerprint density at radius 1 is 1.07 bits per heavy atom. The third kappa shape index (κ3) is 4.32. The van der Waals surface area contributed by atoms with Gasteiger partial charge in [-0.15, -0.1) is 0 Å². The van der Waals surface area contributed by atoms with E-state index >= 15 is 0 Å². The summed E-state index contributed by atoms with van der Waals surface area (Å²) in [5.41, 5.74) is 6.13. The molecule has 0 atom stereocenters. The first kappa shape index (κ1) is 20.0. The van der Waals surface area contributed by atoms with Crippen LogP contribution < -0.4 is 10.2 Å². The highest BCUT2D eigenvalue weighted by molar-refractivity contribution is 5.89. The lowest BCUT2D eigenvalue weighted by molar-refractivity contribution is 0.220. The molecule has 30 heavy (non-hydrogen) atoms. The summed E-state index contributed by atoms with van der Waals surface area (Å²) in [6.45, 7) is 6.74. The molecule has 0 bridgehead atoms. The molecular weight excluding hydrogens is 374 g/mol. The molecular formula is C24H29N5O. The molecule has 6 heteroatoms. The molecule has 2 heterocycles. The minimum absolute atomic E-state index is 0.128. The van der Waals surface area contributed by atoms with E-state index in [0.717, 1.165) is 35.9 Å². The second-order valence-electron chi connectivity index (χ2n) is 8.00. The van der Waals surface area contributed by atoms with Crippen LogP contribution in [0.1, 0.15) is 29.8 Å². The molecule has 4 rings (SSSR count). The number of carbonyl (C=O) groups excluding carboxylic acids is 1. The highest BCUT2D eigenvalue weighted by Crippen LogP contribution is 2.25. The lowest BCUT2D eigenvalue weighted by Crippen LogP contribution is -2.31. The molecule has 1 fully saturated rings. The van der Waals surface area contributed by atoms with Crippen LogP contribution >= 0.6 is 0 Å². The minimum atomic E-state index is -0.128. The van der Waals surface area contributed by atoms with Gasteiger partial charge in [-0.1, -0.05) is 24.3 Å². The average molecular weight is 404 g/mol. The average Bonchev–Trinajstić information content (AvgIpc) is 3.38. The number of para-hydroxylation sites is 1. The van der Waals surface area contributed by atoms with E-state index < -0.39 is 0 Å². The topological polar surface area (TPSA) is 53.4 Å². The Morgan fingerprint density at radius 3 is 2.57 bits per heavy atom. The molecule has 0 spiro atoms. The first-order valence-corrected chi connectivity index (χ1v) is 10.5. The number of hydrogen-bond acceptors (Lipinski definition) is 3. The number of nitrogens with zero attached hydrogens (tertiary/aromatic N) is 4. The van der Waals surface area contributed by atoms with Gasteiger partial charge in [-0.25, -0.2) is 9.48 Å². The molecule has 1 aliphatic rings. The van der Waals surface area contributed by atoms with Crippen LogP contribution in [0.2, 0.25) is 0 Å². The number of rotatable bonds is 5. The van der Waals surface area contributed by atoms with Crippen molar-refractivity contribution < 1.29 is 4.79 Å². The second kappa shape index (κ2) is 8.61. The van der Waals surface area contributed by atoms with Crippen molar-refractivity contribution in [1.82, 2.24) is 14.7 Å². The quantitative estimate of drug-likeness (QED) is 0.669. The summed E-state index contributed by atoms with van der Waals surface area (Å²) < 4.78 is 1.89. The van der Waals surface area contributed by atoms with Gasteiger partial charge in [-0.3, -0.25) is 0 Å². The molecule has 1 aliphatic heterocycles. The first-order valence-electron chi connectivity index (χ1n) is 10.5. The molecule has 6 nitrogen and oxygen atoms in total. The Morgan fingerprint density at radius 2 is 1.83 bits per heavy atom. The zero-order valence-corrected chi connectivity index (χ0v) is 17.9. The number of aromatic nitrogens is 2. The molecule has 2 aromatic carbocycles. The van der Waals surface area contributed by atoms with Crippen LogP contribution in [0, 0.1) is 13.8 Å². The third-order valence-electron chi connectivity index (χ3n) is 5.54. The summed E-state index contributed by atoms with van der Waals surface area (Å²) in [7, 11) is 1.83. The number of amides is 2. The van der Waals surface area contributed by atoms with Crippen LogP contribution in [-0.4, -0.2) is 40.8 Å². The molecule has 0 saturated carbocycles. The fraction of sp³-hybridized carbons (Fsp3) is 0.333. The van der Waals surface area contributed by atoms with Gasteiger partial charge in [-0.2, -0.15) is 5.10 Å². The molecule has 2 amide bonds. The Kier molecular flexibility index (Phi) is 5.74. The van der Waals surface area contributed by atoms with Crippen molar-refractivity contribution in [3.63, 3.8) is 0 Å². The van der Waals surface area contributed by atoms with E-state index in [1.807, 2.05) is 62.0 Å². The van der Waals surface area contributed by atoms with Crippen molar-refractivity contribution in [2.24, 2.45) is 0 Å². The largest absolute Gasteiger partial charge is 0.371 e. The van der Waals surface area contributed by atoms with E-state index in [1.54, 1.807) is 4.90 Å². The van der Waals surface area contributed by atoms with Gasteiger partial charge in [0.1, 0.15) is 0 Å². The summed E-state index contributed by atoms with van der Waals surface area (Å²) >= 11 is 0. The number of anilines is 2. The highest BCUT2D eigenvalue weighted by atomic mass is 16.2. The maximum Gasteiger partial charge on any atom is 0.321 e. The normalized spacial score (nSPS) is 13.5. The van der Waals surface area contributed by atoms with Crippen LogP contribution in [0.15, 0.2) is 54.6 Å². The van der Waals surface area contributed by atoms with E-state index in [0.29, 0.717) is 6.54 Å². The van der Waals surface area contributed by atoms with Crippen molar-refractivity contribution in [2.75, 3.05) is 30.4 Å². The summed E-state index contributed by atoms with van der Waals surface area (Å²) in [6, 6.07) is 18.1. The summed E-state index contributed by atoms with van der Waals surface area (Å²) in [4.78, 5) is 17.0. The van der Waals surface area contributed by atoms with E-state index in [9.17, 15) is 4.79 Å². The lowest BCUT2D eigenvalue weighted by Gasteiger charge is -2.24. The van der Waals surface area contributed by atoms with Crippen molar-refractivity contribution in [3.05, 3.63) is 71.5 Å². The van der Waals surface area contributed by atoms with Gasteiger partial charge >= 0.3 is 6.03 Å². The maximum absolute atomic E-state index is 12.8. The fourth-order valence-electron chi connectivity index (χ4n) is 4.06. The van der Waals surface area contributed by atoms with Gasteiger partial charge in [0.05, 0.1) is 11.4 Å². The van der Waals surface area contributed by atoms with E-state index in [2.05, 4.69) is 33.5 Å². The van der Waals surface area contributed by atoms with Crippen LogP contribution in [0.4, 0.5) is 16.2 Å². The van der Waals surface area contributed by atoms with Gasteiger partial charge in [-0.05, 0) is 62.6 Å².